The fourth-order valence-electron chi connectivity index (χ4n) is 3.10. The van der Waals surface area contributed by atoms with Crippen LogP contribution in [-0.2, 0) is 0 Å². The molecule has 2 rings (SSSR count). The van der Waals surface area contributed by atoms with E-state index in [-0.39, 0.29) is 6.04 Å². The predicted octanol–water partition coefficient (Wildman–Crippen LogP) is 4.29. The van der Waals surface area contributed by atoms with Gasteiger partial charge < -0.3 is 5.73 Å². The van der Waals surface area contributed by atoms with Crippen molar-refractivity contribution in [2.24, 2.45) is 17.6 Å². The van der Waals surface area contributed by atoms with Crippen molar-refractivity contribution in [3.8, 4) is 0 Å². The van der Waals surface area contributed by atoms with Gasteiger partial charge in [0.1, 0.15) is 0 Å². The summed E-state index contributed by atoms with van der Waals surface area (Å²) in [5.41, 5.74) is 7.54. The molecule has 0 radical (unpaired) electrons. The Morgan fingerprint density at radius 1 is 1.24 bits per heavy atom. The summed E-state index contributed by atoms with van der Waals surface area (Å²) in [5.74, 6) is 1.86. The van der Waals surface area contributed by atoms with Gasteiger partial charge in [-0.2, -0.15) is 0 Å². The summed E-state index contributed by atoms with van der Waals surface area (Å²) in [6, 6.07) is 10.7. The molecule has 1 fully saturated rings. The van der Waals surface area contributed by atoms with Crippen LogP contribution in [0.1, 0.15) is 57.1 Å². The minimum Gasteiger partial charge on any atom is -0.324 e. The molecular formula is C16H25N. The number of rotatable bonds is 4. The second kappa shape index (κ2) is 6.20. The molecule has 2 N–H and O–H groups in total. The predicted molar refractivity (Wildman–Crippen MR) is 73.7 cm³/mol. The van der Waals surface area contributed by atoms with Gasteiger partial charge in [0.2, 0.25) is 0 Å². The second-order valence-electron chi connectivity index (χ2n) is 5.73. The normalized spacial score (nSPS) is 26.7. The molecule has 0 heterocycles. The number of benzene rings is 1. The van der Waals surface area contributed by atoms with Gasteiger partial charge in [-0.25, -0.2) is 0 Å². The molecule has 94 valence electrons. The average Bonchev–Trinajstić information content (AvgIpc) is 2.37. The van der Waals surface area contributed by atoms with Gasteiger partial charge in [-0.1, -0.05) is 56.5 Å². The zero-order valence-electron chi connectivity index (χ0n) is 10.9. The summed E-state index contributed by atoms with van der Waals surface area (Å²) in [6.07, 6.45) is 8.14. The lowest BCUT2D eigenvalue weighted by molar-refractivity contribution is 0.261. The fourth-order valence-corrected chi connectivity index (χ4v) is 3.10. The molecule has 3 atom stereocenters. The first-order valence-corrected chi connectivity index (χ1v) is 7.06. The first kappa shape index (κ1) is 12.6. The molecule has 0 bridgehead atoms. The summed E-state index contributed by atoms with van der Waals surface area (Å²) >= 11 is 0. The fraction of sp³-hybridized carbons (Fsp3) is 0.625. The first-order valence-electron chi connectivity index (χ1n) is 7.06. The molecule has 1 aliphatic carbocycles. The molecule has 0 amide bonds. The van der Waals surface area contributed by atoms with E-state index >= 15 is 0 Å². The van der Waals surface area contributed by atoms with E-state index in [1.165, 1.54) is 37.7 Å². The number of hydrogen-bond acceptors (Lipinski definition) is 1. The van der Waals surface area contributed by atoms with Gasteiger partial charge in [-0.15, -0.1) is 0 Å². The minimum absolute atomic E-state index is 0.230. The van der Waals surface area contributed by atoms with E-state index in [2.05, 4.69) is 37.3 Å². The highest BCUT2D eigenvalue weighted by Crippen LogP contribution is 2.32. The summed E-state index contributed by atoms with van der Waals surface area (Å²) in [6.45, 7) is 2.39. The maximum Gasteiger partial charge on any atom is 0.0294 e. The van der Waals surface area contributed by atoms with E-state index in [1.807, 2.05) is 0 Å². The highest BCUT2D eigenvalue weighted by molar-refractivity contribution is 5.18. The Morgan fingerprint density at radius 2 is 2.00 bits per heavy atom. The third-order valence-corrected chi connectivity index (χ3v) is 4.16. The average molecular weight is 231 g/mol. The lowest BCUT2D eigenvalue weighted by Gasteiger charge is -2.27. The van der Waals surface area contributed by atoms with Gasteiger partial charge in [0.25, 0.3) is 0 Å². The van der Waals surface area contributed by atoms with E-state index in [4.69, 9.17) is 5.73 Å². The van der Waals surface area contributed by atoms with Gasteiger partial charge in [-0.05, 0) is 36.7 Å². The van der Waals surface area contributed by atoms with Crippen LogP contribution in [0.15, 0.2) is 30.3 Å². The zero-order valence-corrected chi connectivity index (χ0v) is 10.9. The summed E-state index contributed by atoms with van der Waals surface area (Å²) in [5, 5.41) is 0. The van der Waals surface area contributed by atoms with Crippen molar-refractivity contribution in [3.05, 3.63) is 35.9 Å². The van der Waals surface area contributed by atoms with Gasteiger partial charge in [0.15, 0.2) is 0 Å². The first-order chi connectivity index (χ1) is 8.25. The second-order valence-corrected chi connectivity index (χ2v) is 5.73. The minimum atomic E-state index is 0.230. The Kier molecular flexibility index (Phi) is 4.61. The molecule has 17 heavy (non-hydrogen) atoms. The van der Waals surface area contributed by atoms with Crippen molar-refractivity contribution < 1.29 is 0 Å². The van der Waals surface area contributed by atoms with Gasteiger partial charge >= 0.3 is 0 Å². The molecule has 3 unspecified atom stereocenters. The number of nitrogens with two attached hydrogens (primary N) is 1. The van der Waals surface area contributed by atoms with Crippen molar-refractivity contribution in [1.29, 1.82) is 0 Å². The van der Waals surface area contributed by atoms with Crippen LogP contribution in [0, 0.1) is 11.8 Å². The molecule has 1 saturated carbocycles. The quantitative estimate of drug-likeness (QED) is 0.821. The molecule has 0 aromatic heterocycles. The van der Waals surface area contributed by atoms with Crippen LogP contribution < -0.4 is 5.73 Å². The largest absolute Gasteiger partial charge is 0.324 e. The van der Waals surface area contributed by atoms with Crippen molar-refractivity contribution in [1.82, 2.24) is 0 Å². The van der Waals surface area contributed by atoms with Crippen LogP contribution in [0.3, 0.4) is 0 Å². The van der Waals surface area contributed by atoms with E-state index in [9.17, 15) is 0 Å². The molecule has 1 heteroatoms. The number of hydrogen-bond donors (Lipinski definition) is 1. The van der Waals surface area contributed by atoms with Gasteiger partial charge in [-0.3, -0.25) is 0 Å². The zero-order chi connectivity index (χ0) is 12.1. The van der Waals surface area contributed by atoms with E-state index in [0.29, 0.717) is 0 Å². The van der Waals surface area contributed by atoms with E-state index in [0.717, 1.165) is 18.3 Å². The van der Waals surface area contributed by atoms with Crippen LogP contribution >= 0.6 is 0 Å². The molecule has 1 aromatic carbocycles. The smallest absolute Gasteiger partial charge is 0.0294 e. The highest BCUT2D eigenvalue weighted by atomic mass is 14.6. The maximum atomic E-state index is 6.25. The van der Waals surface area contributed by atoms with Crippen LogP contribution in [0.25, 0.3) is 0 Å². The molecule has 1 nitrogen and oxygen atoms in total. The third kappa shape index (κ3) is 3.85. The van der Waals surface area contributed by atoms with Gasteiger partial charge in [0, 0.05) is 6.04 Å². The molecule has 0 saturated heterocycles. The Morgan fingerprint density at radius 3 is 2.71 bits per heavy atom. The topological polar surface area (TPSA) is 26.0 Å². The molecule has 0 spiro atoms. The standard InChI is InChI=1S/C16H25N/c1-13-6-5-7-14(12-13)10-11-16(17)15-8-3-2-4-9-15/h2-4,8-9,13-14,16H,5-7,10-12,17H2,1H3. The Hall–Kier alpha value is -0.820. The molecular weight excluding hydrogens is 206 g/mol. The van der Waals surface area contributed by atoms with Crippen molar-refractivity contribution in [2.75, 3.05) is 0 Å². The van der Waals surface area contributed by atoms with E-state index in [1.54, 1.807) is 0 Å². The monoisotopic (exact) mass is 231 g/mol. The van der Waals surface area contributed by atoms with Crippen molar-refractivity contribution >= 4 is 0 Å². The van der Waals surface area contributed by atoms with E-state index < -0.39 is 0 Å². The maximum absolute atomic E-state index is 6.25. The Bertz CT molecular complexity index is 320. The molecule has 1 aliphatic rings. The van der Waals surface area contributed by atoms with Crippen LogP contribution in [-0.4, -0.2) is 0 Å². The van der Waals surface area contributed by atoms with Crippen LogP contribution in [0.5, 0.6) is 0 Å². The summed E-state index contributed by atoms with van der Waals surface area (Å²) < 4.78 is 0. The van der Waals surface area contributed by atoms with Crippen molar-refractivity contribution in [3.63, 3.8) is 0 Å². The molecule has 1 aromatic rings. The van der Waals surface area contributed by atoms with Crippen molar-refractivity contribution in [2.45, 2.75) is 51.5 Å². The highest BCUT2D eigenvalue weighted by Gasteiger charge is 2.19. The SMILES string of the molecule is CC1CCCC(CCC(N)c2ccccc2)C1. The Balaban J connectivity index is 1.78. The van der Waals surface area contributed by atoms with Crippen LogP contribution in [0.4, 0.5) is 0 Å². The lowest BCUT2D eigenvalue weighted by atomic mass is 9.79. The third-order valence-electron chi connectivity index (χ3n) is 4.16. The van der Waals surface area contributed by atoms with Gasteiger partial charge in [0.05, 0.1) is 0 Å². The Labute approximate surface area is 105 Å². The van der Waals surface area contributed by atoms with Crippen LogP contribution in [0.2, 0.25) is 0 Å². The molecule has 0 aliphatic heterocycles. The lowest BCUT2D eigenvalue weighted by Crippen LogP contribution is -2.16. The summed E-state index contributed by atoms with van der Waals surface area (Å²) in [7, 11) is 0. The summed E-state index contributed by atoms with van der Waals surface area (Å²) in [4.78, 5) is 0.